The van der Waals surface area contributed by atoms with Crippen LogP contribution in [0, 0.1) is 11.3 Å². The van der Waals surface area contributed by atoms with Crippen molar-refractivity contribution in [3.05, 3.63) is 46.2 Å². The molecule has 0 saturated carbocycles. The number of alkyl halides is 3. The average Bonchev–Trinajstić information content (AvgIpc) is 2.52. The van der Waals surface area contributed by atoms with Crippen LogP contribution in [0.1, 0.15) is 21.6 Å². The number of aromatic carboxylic acids is 1. The summed E-state index contributed by atoms with van der Waals surface area (Å²) in [6.45, 7) is 0. The first-order chi connectivity index (χ1) is 11.2. The van der Waals surface area contributed by atoms with Gasteiger partial charge in [-0.3, -0.25) is 4.98 Å². The van der Waals surface area contributed by atoms with Crippen LogP contribution in [0.15, 0.2) is 24.4 Å². The van der Waals surface area contributed by atoms with E-state index >= 15 is 0 Å². The van der Waals surface area contributed by atoms with E-state index in [1.807, 2.05) is 0 Å². The molecular formula is C15H8ClF3N2O3. The van der Waals surface area contributed by atoms with E-state index in [-0.39, 0.29) is 33.0 Å². The maximum Gasteiger partial charge on any atom is 0.433 e. The number of halogens is 4. The molecule has 0 aliphatic heterocycles. The molecule has 0 fully saturated rings. The zero-order chi connectivity index (χ0) is 18.1. The molecule has 0 amide bonds. The van der Waals surface area contributed by atoms with E-state index in [0.29, 0.717) is 6.07 Å². The molecule has 2 rings (SSSR count). The number of ether oxygens (including phenoxy) is 1. The molecule has 9 heteroatoms. The smallest absolute Gasteiger partial charge is 0.433 e. The van der Waals surface area contributed by atoms with Crippen molar-refractivity contribution in [3.63, 3.8) is 0 Å². The third kappa shape index (κ3) is 3.26. The molecule has 1 heterocycles. The van der Waals surface area contributed by atoms with Crippen LogP contribution in [0.2, 0.25) is 5.02 Å². The molecule has 0 atom stereocenters. The number of nitrogens with zero attached hydrogens (tertiary/aromatic N) is 2. The van der Waals surface area contributed by atoms with Gasteiger partial charge in [0.1, 0.15) is 17.0 Å². The summed E-state index contributed by atoms with van der Waals surface area (Å²) in [5.41, 5.74) is -1.76. The lowest BCUT2D eigenvalue weighted by atomic mass is 9.99. The van der Waals surface area contributed by atoms with Crippen molar-refractivity contribution in [2.24, 2.45) is 0 Å². The molecule has 0 spiro atoms. The van der Waals surface area contributed by atoms with Crippen LogP contribution in [-0.2, 0) is 6.18 Å². The summed E-state index contributed by atoms with van der Waals surface area (Å²) >= 11 is 6.05. The van der Waals surface area contributed by atoms with Crippen LogP contribution >= 0.6 is 11.6 Å². The number of hydrogen-bond acceptors (Lipinski definition) is 4. The minimum absolute atomic E-state index is 0.00917. The van der Waals surface area contributed by atoms with E-state index in [1.165, 1.54) is 13.2 Å². The van der Waals surface area contributed by atoms with Crippen molar-refractivity contribution >= 4 is 17.6 Å². The van der Waals surface area contributed by atoms with Crippen molar-refractivity contribution in [3.8, 4) is 22.9 Å². The van der Waals surface area contributed by atoms with Gasteiger partial charge in [-0.2, -0.15) is 18.4 Å². The van der Waals surface area contributed by atoms with Gasteiger partial charge in [-0.25, -0.2) is 4.79 Å². The van der Waals surface area contributed by atoms with Gasteiger partial charge in [0.25, 0.3) is 0 Å². The highest BCUT2D eigenvalue weighted by Crippen LogP contribution is 2.37. The largest absolute Gasteiger partial charge is 0.496 e. The molecule has 0 saturated heterocycles. The maximum absolute atomic E-state index is 12.7. The van der Waals surface area contributed by atoms with Crippen molar-refractivity contribution in [2.75, 3.05) is 7.11 Å². The second kappa shape index (κ2) is 6.37. The molecule has 0 bridgehead atoms. The fraction of sp³-hybridized carbons (Fsp3) is 0.133. The second-order valence-electron chi connectivity index (χ2n) is 4.56. The van der Waals surface area contributed by atoms with Crippen LogP contribution in [-0.4, -0.2) is 23.2 Å². The Morgan fingerprint density at radius 1 is 1.33 bits per heavy atom. The Balaban J connectivity index is 2.71. The normalized spacial score (nSPS) is 11.0. The summed E-state index contributed by atoms with van der Waals surface area (Å²) in [5, 5.41) is 18.3. The van der Waals surface area contributed by atoms with E-state index in [1.54, 1.807) is 6.07 Å². The second-order valence-corrected chi connectivity index (χ2v) is 4.97. The Kier molecular flexibility index (Phi) is 4.66. The van der Waals surface area contributed by atoms with Gasteiger partial charge < -0.3 is 9.84 Å². The van der Waals surface area contributed by atoms with Gasteiger partial charge >= 0.3 is 12.1 Å². The Bertz CT molecular complexity index is 860. The third-order valence-electron chi connectivity index (χ3n) is 3.12. The minimum atomic E-state index is -4.71. The number of methoxy groups -OCH3 is 1. The van der Waals surface area contributed by atoms with Gasteiger partial charge in [0.2, 0.25) is 0 Å². The van der Waals surface area contributed by atoms with Crippen molar-refractivity contribution in [2.45, 2.75) is 6.18 Å². The van der Waals surface area contributed by atoms with Gasteiger partial charge in [0.15, 0.2) is 0 Å². The molecule has 0 aliphatic carbocycles. The van der Waals surface area contributed by atoms with Crippen molar-refractivity contribution in [1.29, 1.82) is 5.26 Å². The van der Waals surface area contributed by atoms with E-state index in [9.17, 15) is 23.1 Å². The number of pyridine rings is 1. The van der Waals surface area contributed by atoms with Gasteiger partial charge in [0.05, 0.1) is 23.8 Å². The molecule has 124 valence electrons. The lowest BCUT2D eigenvalue weighted by molar-refractivity contribution is -0.141. The zero-order valence-electron chi connectivity index (χ0n) is 12.0. The summed E-state index contributed by atoms with van der Waals surface area (Å²) in [7, 11) is 1.25. The predicted molar refractivity (Wildman–Crippen MR) is 77.9 cm³/mol. The molecule has 0 aliphatic rings. The first kappa shape index (κ1) is 17.6. The topological polar surface area (TPSA) is 83.2 Å². The van der Waals surface area contributed by atoms with Crippen molar-refractivity contribution in [1.82, 2.24) is 4.98 Å². The lowest BCUT2D eigenvalue weighted by Crippen LogP contribution is -2.08. The summed E-state index contributed by atoms with van der Waals surface area (Å²) in [6.07, 6.45) is -3.87. The standard InChI is InChI=1S/C15H8ClF3N2O3/c1-24-12-4-11(16)8(3-9(12)14(22)23)10-6-21-13(15(17,18)19)2-7(10)5-20/h2-4,6H,1H3,(H,22,23). The van der Waals surface area contributed by atoms with E-state index in [4.69, 9.17) is 21.6 Å². The fourth-order valence-electron chi connectivity index (χ4n) is 2.01. The Morgan fingerprint density at radius 2 is 2.00 bits per heavy atom. The first-order valence-corrected chi connectivity index (χ1v) is 6.65. The summed E-state index contributed by atoms with van der Waals surface area (Å²) in [6, 6.07) is 4.54. The number of nitriles is 1. The summed E-state index contributed by atoms with van der Waals surface area (Å²) in [5.74, 6) is -1.34. The van der Waals surface area contributed by atoms with Crippen LogP contribution in [0.5, 0.6) is 5.75 Å². The highest BCUT2D eigenvalue weighted by molar-refractivity contribution is 6.33. The average molecular weight is 357 g/mol. The molecule has 1 N–H and O–H groups in total. The molecular weight excluding hydrogens is 349 g/mol. The van der Waals surface area contributed by atoms with Gasteiger partial charge in [-0.05, 0) is 12.1 Å². The SMILES string of the molecule is COc1cc(Cl)c(-c2cnc(C(F)(F)F)cc2C#N)cc1C(=O)O. The number of carbonyl (C=O) groups is 1. The van der Waals surface area contributed by atoms with E-state index in [2.05, 4.69) is 4.98 Å². The monoisotopic (exact) mass is 356 g/mol. The Labute approximate surface area is 138 Å². The molecule has 24 heavy (non-hydrogen) atoms. The van der Waals surface area contributed by atoms with Gasteiger partial charge in [-0.15, -0.1) is 0 Å². The Morgan fingerprint density at radius 3 is 2.50 bits per heavy atom. The van der Waals surface area contributed by atoms with Crippen molar-refractivity contribution < 1.29 is 27.8 Å². The predicted octanol–water partition coefficient (Wildman–Crippen LogP) is 4.00. The van der Waals surface area contributed by atoms with Gasteiger partial charge in [-0.1, -0.05) is 11.6 Å². The molecule has 0 radical (unpaired) electrons. The van der Waals surface area contributed by atoms with E-state index in [0.717, 1.165) is 12.3 Å². The first-order valence-electron chi connectivity index (χ1n) is 6.27. The molecule has 1 aromatic heterocycles. The van der Waals surface area contributed by atoms with E-state index < -0.39 is 17.8 Å². The number of rotatable bonds is 3. The Hall–Kier alpha value is -2.79. The van der Waals surface area contributed by atoms with Crippen LogP contribution in [0.3, 0.4) is 0 Å². The molecule has 0 unspecified atom stereocenters. The third-order valence-corrected chi connectivity index (χ3v) is 3.44. The number of carboxylic acids is 1. The minimum Gasteiger partial charge on any atom is -0.496 e. The number of aromatic nitrogens is 1. The number of hydrogen-bond donors (Lipinski definition) is 1. The lowest BCUT2D eigenvalue weighted by Gasteiger charge is -2.13. The number of carboxylic acid groups (broad SMARTS) is 1. The zero-order valence-corrected chi connectivity index (χ0v) is 12.7. The van der Waals surface area contributed by atoms with Gasteiger partial charge in [0, 0.05) is 23.4 Å². The molecule has 5 nitrogen and oxygen atoms in total. The van der Waals surface area contributed by atoms with Crippen LogP contribution in [0.4, 0.5) is 13.2 Å². The maximum atomic E-state index is 12.7. The highest BCUT2D eigenvalue weighted by atomic mass is 35.5. The molecule has 2 aromatic rings. The summed E-state index contributed by atoms with van der Waals surface area (Å²) in [4.78, 5) is 14.5. The molecule has 1 aromatic carbocycles. The van der Waals surface area contributed by atoms with Crippen LogP contribution < -0.4 is 4.74 Å². The number of benzene rings is 1. The van der Waals surface area contributed by atoms with Crippen LogP contribution in [0.25, 0.3) is 11.1 Å². The fourth-order valence-corrected chi connectivity index (χ4v) is 2.27. The quantitative estimate of drug-likeness (QED) is 0.898. The highest BCUT2D eigenvalue weighted by Gasteiger charge is 2.33. The summed E-state index contributed by atoms with van der Waals surface area (Å²) < 4.78 is 43.0.